The highest BCUT2D eigenvalue weighted by Crippen LogP contribution is 2.47. The highest BCUT2D eigenvalue weighted by Gasteiger charge is 2.18. The van der Waals surface area contributed by atoms with Crippen LogP contribution in [-0.2, 0) is 0 Å². The molecule has 2 heteroatoms. The Balaban J connectivity index is 1.26. The van der Waals surface area contributed by atoms with E-state index in [1.807, 2.05) is 22.7 Å². The Morgan fingerprint density at radius 3 is 1.55 bits per heavy atom. The van der Waals surface area contributed by atoms with Crippen molar-refractivity contribution in [2.24, 2.45) is 0 Å². The predicted octanol–water partition coefficient (Wildman–Crippen LogP) is 13.2. The third-order valence-corrected chi connectivity index (χ3v) is 11.6. The molecule has 0 saturated heterocycles. The Bertz CT molecular complexity index is 2720. The summed E-state index contributed by atoms with van der Waals surface area (Å²) >= 11 is 3.79. The van der Waals surface area contributed by atoms with Crippen LogP contribution < -0.4 is 0 Å². The van der Waals surface area contributed by atoms with E-state index in [2.05, 4.69) is 146 Å². The Morgan fingerprint density at radius 1 is 0.295 bits per heavy atom. The van der Waals surface area contributed by atoms with Gasteiger partial charge in [0.05, 0.1) is 0 Å². The average Bonchev–Trinajstić information content (AvgIpc) is 3.65. The van der Waals surface area contributed by atoms with Crippen LogP contribution in [0.25, 0.3) is 94.9 Å². The van der Waals surface area contributed by atoms with Crippen molar-refractivity contribution in [3.8, 4) is 22.3 Å². The lowest BCUT2D eigenvalue weighted by Gasteiger charge is -2.18. The second kappa shape index (κ2) is 9.24. The molecule has 8 aromatic carbocycles. The van der Waals surface area contributed by atoms with Gasteiger partial charge in [0.15, 0.2) is 0 Å². The van der Waals surface area contributed by atoms with Crippen molar-refractivity contribution in [2.45, 2.75) is 0 Å². The molecule has 0 spiro atoms. The van der Waals surface area contributed by atoms with Crippen LogP contribution in [0.5, 0.6) is 0 Å². The molecule has 204 valence electrons. The van der Waals surface area contributed by atoms with Gasteiger partial charge in [0.1, 0.15) is 0 Å². The van der Waals surface area contributed by atoms with Crippen LogP contribution in [0, 0.1) is 0 Å². The molecular formula is C42H24S2. The number of benzene rings is 8. The van der Waals surface area contributed by atoms with Gasteiger partial charge in [-0.2, -0.15) is 0 Å². The predicted molar refractivity (Wildman–Crippen MR) is 196 cm³/mol. The van der Waals surface area contributed by atoms with Gasteiger partial charge in [-0.15, -0.1) is 22.7 Å². The smallest absolute Gasteiger partial charge is 0.0433 e. The van der Waals surface area contributed by atoms with Gasteiger partial charge in [-0.05, 0) is 78.8 Å². The zero-order chi connectivity index (χ0) is 28.8. The molecule has 10 aromatic rings. The molecule has 2 heterocycles. The van der Waals surface area contributed by atoms with Gasteiger partial charge in [0, 0.05) is 40.3 Å². The quantitative estimate of drug-likeness (QED) is 0.175. The fraction of sp³-hybridized carbons (Fsp3) is 0. The summed E-state index contributed by atoms with van der Waals surface area (Å²) in [5.41, 5.74) is 5.16. The molecule has 0 fully saturated rings. The standard InChI is InChI=1S/C42H24S2/c1-2-10-28-25(9-1)17-21-35-30-20-18-27(24-39(30)44-42(28)35)41-33-14-5-3-12-31(33)40(32-13-4-6-15-34(32)41)26-19-22-38-36(23-26)29-11-7-8-16-37(29)43-38/h1-24H. The number of fused-ring (bicyclic) bond motifs is 10. The Kier molecular flexibility index (Phi) is 5.13. The number of hydrogen-bond acceptors (Lipinski definition) is 2. The second-order valence-electron chi connectivity index (χ2n) is 11.6. The molecule has 0 atom stereocenters. The van der Waals surface area contributed by atoms with Gasteiger partial charge in [-0.3, -0.25) is 0 Å². The number of thiophene rings is 2. The van der Waals surface area contributed by atoms with E-state index < -0.39 is 0 Å². The molecule has 0 aliphatic rings. The Labute approximate surface area is 262 Å². The van der Waals surface area contributed by atoms with Crippen molar-refractivity contribution < 1.29 is 0 Å². The summed E-state index contributed by atoms with van der Waals surface area (Å²) in [7, 11) is 0. The summed E-state index contributed by atoms with van der Waals surface area (Å²) in [6.45, 7) is 0. The first-order valence-corrected chi connectivity index (χ1v) is 16.6. The van der Waals surface area contributed by atoms with Crippen LogP contribution in [0.3, 0.4) is 0 Å². The van der Waals surface area contributed by atoms with Gasteiger partial charge < -0.3 is 0 Å². The monoisotopic (exact) mass is 592 g/mol. The molecule has 0 aliphatic heterocycles. The summed E-state index contributed by atoms with van der Waals surface area (Å²) in [6.07, 6.45) is 0. The van der Waals surface area contributed by atoms with Crippen LogP contribution in [-0.4, -0.2) is 0 Å². The van der Waals surface area contributed by atoms with Crippen molar-refractivity contribution in [2.75, 3.05) is 0 Å². The minimum atomic E-state index is 1.27. The van der Waals surface area contributed by atoms with Gasteiger partial charge >= 0.3 is 0 Å². The molecule has 10 rings (SSSR count). The number of rotatable bonds is 2. The highest BCUT2D eigenvalue weighted by atomic mass is 32.1. The van der Waals surface area contributed by atoms with E-state index in [9.17, 15) is 0 Å². The maximum Gasteiger partial charge on any atom is 0.0433 e. The summed E-state index contributed by atoms with van der Waals surface area (Å²) in [4.78, 5) is 0. The maximum atomic E-state index is 2.42. The first kappa shape index (κ1) is 24.4. The Morgan fingerprint density at radius 2 is 0.818 bits per heavy atom. The SMILES string of the molecule is c1ccc2c(c1)ccc1c3ccc(-c4c5ccccc5c(-c5ccc6sc7ccccc7c6c5)c5ccccc45)cc3sc21. The van der Waals surface area contributed by atoms with Crippen LogP contribution in [0.15, 0.2) is 146 Å². The lowest BCUT2D eigenvalue weighted by molar-refractivity contribution is 1.70. The van der Waals surface area contributed by atoms with E-state index in [0.717, 1.165) is 0 Å². The largest absolute Gasteiger partial charge is 0.135 e. The molecule has 0 nitrogen and oxygen atoms in total. The fourth-order valence-electron chi connectivity index (χ4n) is 7.29. The summed E-state index contributed by atoms with van der Waals surface area (Å²) in [5.74, 6) is 0. The van der Waals surface area contributed by atoms with E-state index in [4.69, 9.17) is 0 Å². The zero-order valence-corrected chi connectivity index (χ0v) is 25.3. The van der Waals surface area contributed by atoms with Crippen molar-refractivity contribution in [3.05, 3.63) is 146 Å². The molecule has 44 heavy (non-hydrogen) atoms. The first-order valence-electron chi connectivity index (χ1n) is 15.0. The van der Waals surface area contributed by atoms with Gasteiger partial charge in [-0.1, -0.05) is 121 Å². The molecule has 0 unspecified atom stereocenters. The third-order valence-electron chi connectivity index (χ3n) is 9.25. The molecule has 2 aromatic heterocycles. The van der Waals surface area contributed by atoms with E-state index in [1.165, 1.54) is 94.9 Å². The molecule has 0 N–H and O–H groups in total. The summed E-state index contributed by atoms with van der Waals surface area (Å²) in [6, 6.07) is 54.2. The lowest BCUT2D eigenvalue weighted by Crippen LogP contribution is -1.90. The zero-order valence-electron chi connectivity index (χ0n) is 23.7. The minimum absolute atomic E-state index is 1.27. The molecule has 0 amide bonds. The van der Waals surface area contributed by atoms with E-state index in [-0.39, 0.29) is 0 Å². The molecule has 0 radical (unpaired) electrons. The van der Waals surface area contributed by atoms with Gasteiger partial charge in [0.2, 0.25) is 0 Å². The molecular weight excluding hydrogens is 569 g/mol. The number of hydrogen-bond donors (Lipinski definition) is 0. The van der Waals surface area contributed by atoms with Crippen molar-refractivity contribution in [3.63, 3.8) is 0 Å². The van der Waals surface area contributed by atoms with Gasteiger partial charge in [-0.25, -0.2) is 0 Å². The van der Waals surface area contributed by atoms with Crippen molar-refractivity contribution in [1.29, 1.82) is 0 Å². The van der Waals surface area contributed by atoms with Crippen LogP contribution >= 0.6 is 22.7 Å². The fourth-order valence-corrected chi connectivity index (χ4v) is 9.66. The third kappa shape index (κ3) is 3.44. The summed E-state index contributed by atoms with van der Waals surface area (Å²) < 4.78 is 5.39. The van der Waals surface area contributed by atoms with Crippen LogP contribution in [0.2, 0.25) is 0 Å². The van der Waals surface area contributed by atoms with Crippen LogP contribution in [0.1, 0.15) is 0 Å². The van der Waals surface area contributed by atoms with Crippen molar-refractivity contribution in [1.82, 2.24) is 0 Å². The molecule has 0 saturated carbocycles. The normalized spacial score (nSPS) is 12.1. The van der Waals surface area contributed by atoms with Crippen molar-refractivity contribution >= 4 is 95.3 Å². The maximum absolute atomic E-state index is 2.42. The topological polar surface area (TPSA) is 0 Å². The second-order valence-corrected chi connectivity index (χ2v) is 13.8. The highest BCUT2D eigenvalue weighted by molar-refractivity contribution is 7.26. The minimum Gasteiger partial charge on any atom is -0.135 e. The summed E-state index contributed by atoms with van der Waals surface area (Å²) in [5, 5.41) is 13.2. The Hall–Kier alpha value is -5.02. The molecule has 0 aliphatic carbocycles. The first-order chi connectivity index (χ1) is 21.8. The van der Waals surface area contributed by atoms with Crippen LogP contribution in [0.4, 0.5) is 0 Å². The van der Waals surface area contributed by atoms with E-state index >= 15 is 0 Å². The molecule has 0 bridgehead atoms. The van der Waals surface area contributed by atoms with Gasteiger partial charge in [0.25, 0.3) is 0 Å². The van der Waals surface area contributed by atoms with E-state index in [0.29, 0.717) is 0 Å². The van der Waals surface area contributed by atoms with E-state index in [1.54, 1.807) is 0 Å². The average molecular weight is 593 g/mol. The lowest BCUT2D eigenvalue weighted by atomic mass is 9.85.